The van der Waals surface area contributed by atoms with E-state index in [9.17, 15) is 0 Å². The summed E-state index contributed by atoms with van der Waals surface area (Å²) in [5, 5.41) is 0. The number of hydrogen-bond acceptors (Lipinski definition) is 2. The van der Waals surface area contributed by atoms with Crippen molar-refractivity contribution in [3.63, 3.8) is 0 Å². The molecule has 0 amide bonds. The Morgan fingerprint density at radius 2 is 1.85 bits per heavy atom. The topological polar surface area (TPSA) is 18.5 Å². The second kappa shape index (κ2) is 7.34. The maximum atomic E-state index is 5.93. The molecule has 2 nitrogen and oxygen atoms in total. The lowest BCUT2D eigenvalue weighted by atomic mass is 10.2. The molecule has 0 saturated carbocycles. The number of methoxy groups -OCH3 is 1. The molecule has 0 unspecified atom stereocenters. The van der Waals surface area contributed by atoms with Crippen LogP contribution in [0.5, 0.6) is 11.5 Å². The monoisotopic (exact) mass is 418 g/mol. The van der Waals surface area contributed by atoms with Crippen molar-refractivity contribution in [2.75, 3.05) is 7.11 Å². The number of alkyl halides is 1. The Hall–Kier alpha value is -0.710. The predicted octanol–water partition coefficient (Wildman–Crippen LogP) is 5.54. The third-order valence-corrected chi connectivity index (χ3v) is 4.50. The number of halogens is 3. The summed E-state index contributed by atoms with van der Waals surface area (Å²) in [5.74, 6) is 1.99. The molecule has 0 spiro atoms. The maximum Gasteiger partial charge on any atom is 0.138 e. The maximum absolute atomic E-state index is 5.93. The molecule has 0 bridgehead atoms. The lowest BCUT2D eigenvalue weighted by Crippen LogP contribution is -2.00. The molecule has 0 atom stereocenters. The minimum Gasteiger partial charge on any atom is -0.497 e. The third-order valence-electron chi connectivity index (χ3n) is 2.82. The Kier molecular flexibility index (Phi) is 5.75. The van der Waals surface area contributed by atoms with Gasteiger partial charge in [-0.2, -0.15) is 0 Å². The smallest absolute Gasteiger partial charge is 0.138 e. The summed E-state index contributed by atoms with van der Waals surface area (Å²) in [6.07, 6.45) is 0. The van der Waals surface area contributed by atoms with E-state index in [1.165, 1.54) is 0 Å². The van der Waals surface area contributed by atoms with Crippen LogP contribution in [0.3, 0.4) is 0 Å². The van der Waals surface area contributed by atoms with Gasteiger partial charge >= 0.3 is 0 Å². The molecule has 0 aliphatic rings. The van der Waals surface area contributed by atoms with Crippen molar-refractivity contribution < 1.29 is 9.47 Å². The Bertz CT molecular complexity index is 602. The number of rotatable bonds is 5. The number of ether oxygens (including phenoxy) is 2. The fourth-order valence-corrected chi connectivity index (χ4v) is 2.85. The molecule has 0 N–H and O–H groups in total. The van der Waals surface area contributed by atoms with E-state index in [0.29, 0.717) is 12.5 Å². The van der Waals surface area contributed by atoms with Crippen molar-refractivity contribution in [3.05, 3.63) is 56.5 Å². The first-order valence-electron chi connectivity index (χ1n) is 5.94. The van der Waals surface area contributed by atoms with Crippen LogP contribution in [0, 0.1) is 0 Å². The molecule has 2 aromatic rings. The van der Waals surface area contributed by atoms with E-state index in [0.717, 1.165) is 31.6 Å². The molecule has 0 aliphatic heterocycles. The van der Waals surface area contributed by atoms with Gasteiger partial charge in [0.05, 0.1) is 17.5 Å². The van der Waals surface area contributed by atoms with Gasteiger partial charge in [0, 0.05) is 15.6 Å². The van der Waals surface area contributed by atoms with Gasteiger partial charge in [-0.1, -0.05) is 28.1 Å². The molecular weight excluding hydrogens is 407 g/mol. The van der Waals surface area contributed by atoms with Crippen molar-refractivity contribution in [1.29, 1.82) is 0 Å². The summed E-state index contributed by atoms with van der Waals surface area (Å²) in [6, 6.07) is 11.6. The fourth-order valence-electron chi connectivity index (χ4n) is 1.76. The summed E-state index contributed by atoms with van der Waals surface area (Å²) in [5.41, 5.74) is 1.97. The van der Waals surface area contributed by atoms with Crippen molar-refractivity contribution >= 4 is 43.5 Å². The lowest BCUT2D eigenvalue weighted by molar-refractivity contribution is 0.300. The summed E-state index contributed by atoms with van der Waals surface area (Å²) in [6.45, 7) is 0.435. The molecule has 106 valence electrons. The normalized spacial score (nSPS) is 10.4. The van der Waals surface area contributed by atoms with Crippen molar-refractivity contribution in [1.82, 2.24) is 0 Å². The average Bonchev–Trinajstić information content (AvgIpc) is 2.47. The zero-order valence-corrected chi connectivity index (χ0v) is 14.8. The standard InChI is InChI=1S/C15H13Br2ClO2/c1-19-12-5-6-13(16)11(7-12)9-20-15-10(8-18)3-2-4-14(15)17/h2-7H,8-9H2,1H3. The number of para-hydroxylation sites is 1. The first-order valence-corrected chi connectivity index (χ1v) is 8.06. The second-order valence-electron chi connectivity index (χ2n) is 4.11. The number of hydrogen-bond donors (Lipinski definition) is 0. The van der Waals surface area contributed by atoms with Gasteiger partial charge in [-0.3, -0.25) is 0 Å². The molecule has 20 heavy (non-hydrogen) atoms. The Balaban J connectivity index is 2.21. The molecule has 2 aromatic carbocycles. The highest BCUT2D eigenvalue weighted by Crippen LogP contribution is 2.32. The van der Waals surface area contributed by atoms with E-state index < -0.39 is 0 Å². The summed E-state index contributed by atoms with van der Waals surface area (Å²) in [4.78, 5) is 0. The van der Waals surface area contributed by atoms with Gasteiger partial charge in [0.25, 0.3) is 0 Å². The Morgan fingerprint density at radius 3 is 2.55 bits per heavy atom. The van der Waals surface area contributed by atoms with Gasteiger partial charge in [0.2, 0.25) is 0 Å². The van der Waals surface area contributed by atoms with Gasteiger partial charge in [-0.15, -0.1) is 11.6 Å². The Labute approximate surface area is 140 Å². The minimum absolute atomic E-state index is 0.411. The Morgan fingerprint density at radius 1 is 1.05 bits per heavy atom. The van der Waals surface area contributed by atoms with E-state index >= 15 is 0 Å². The van der Waals surface area contributed by atoms with Crippen molar-refractivity contribution in [2.45, 2.75) is 12.5 Å². The molecule has 0 saturated heterocycles. The van der Waals surface area contributed by atoms with E-state index in [-0.39, 0.29) is 0 Å². The summed E-state index contributed by atoms with van der Waals surface area (Å²) in [7, 11) is 1.65. The van der Waals surface area contributed by atoms with Crippen LogP contribution in [0.1, 0.15) is 11.1 Å². The van der Waals surface area contributed by atoms with Gasteiger partial charge in [-0.05, 0) is 40.2 Å². The van der Waals surface area contributed by atoms with Gasteiger partial charge in [0.1, 0.15) is 18.1 Å². The van der Waals surface area contributed by atoms with Crippen molar-refractivity contribution in [3.8, 4) is 11.5 Å². The average molecular weight is 421 g/mol. The van der Waals surface area contributed by atoms with E-state index in [1.807, 2.05) is 36.4 Å². The summed E-state index contributed by atoms with van der Waals surface area (Å²) < 4.78 is 13.0. The quantitative estimate of drug-likeness (QED) is 0.592. The molecule has 0 heterocycles. The highest BCUT2D eigenvalue weighted by atomic mass is 79.9. The highest BCUT2D eigenvalue weighted by Gasteiger charge is 2.09. The van der Waals surface area contributed by atoms with Gasteiger partial charge in [0.15, 0.2) is 0 Å². The minimum atomic E-state index is 0.411. The predicted molar refractivity (Wildman–Crippen MR) is 88.7 cm³/mol. The van der Waals surface area contributed by atoms with Crippen LogP contribution in [-0.4, -0.2) is 7.11 Å². The van der Waals surface area contributed by atoms with Gasteiger partial charge < -0.3 is 9.47 Å². The molecule has 0 aromatic heterocycles. The molecular formula is C15H13Br2ClO2. The van der Waals surface area contributed by atoms with Gasteiger partial charge in [-0.25, -0.2) is 0 Å². The van der Waals surface area contributed by atoms with Crippen LogP contribution < -0.4 is 9.47 Å². The molecule has 0 fully saturated rings. The first-order chi connectivity index (χ1) is 9.65. The van der Waals surface area contributed by atoms with Crippen LogP contribution in [0.4, 0.5) is 0 Å². The zero-order valence-electron chi connectivity index (χ0n) is 10.8. The van der Waals surface area contributed by atoms with E-state index in [1.54, 1.807) is 7.11 Å². The molecule has 5 heteroatoms. The zero-order chi connectivity index (χ0) is 14.5. The van der Waals surface area contributed by atoms with E-state index in [2.05, 4.69) is 31.9 Å². The first kappa shape index (κ1) is 15.7. The van der Waals surface area contributed by atoms with E-state index in [4.69, 9.17) is 21.1 Å². The largest absolute Gasteiger partial charge is 0.497 e. The van der Waals surface area contributed by atoms with Crippen LogP contribution in [0.25, 0.3) is 0 Å². The van der Waals surface area contributed by atoms with Crippen LogP contribution in [0.2, 0.25) is 0 Å². The molecule has 2 rings (SSSR count). The summed E-state index contributed by atoms with van der Waals surface area (Å²) >= 11 is 12.9. The fraction of sp³-hybridized carbons (Fsp3) is 0.200. The van der Waals surface area contributed by atoms with Crippen molar-refractivity contribution in [2.24, 2.45) is 0 Å². The van der Waals surface area contributed by atoms with Crippen LogP contribution in [-0.2, 0) is 12.5 Å². The van der Waals surface area contributed by atoms with Crippen LogP contribution >= 0.6 is 43.5 Å². The highest BCUT2D eigenvalue weighted by molar-refractivity contribution is 9.10. The SMILES string of the molecule is COc1ccc(Br)c(COc2c(Br)cccc2CCl)c1. The number of benzene rings is 2. The lowest BCUT2D eigenvalue weighted by Gasteiger charge is -2.13. The third kappa shape index (κ3) is 3.68. The molecule has 0 aliphatic carbocycles. The second-order valence-corrected chi connectivity index (χ2v) is 6.08. The van der Waals surface area contributed by atoms with Crippen LogP contribution in [0.15, 0.2) is 45.3 Å². The molecule has 0 radical (unpaired) electrons.